The zero-order valence-electron chi connectivity index (χ0n) is 35.0. The summed E-state index contributed by atoms with van der Waals surface area (Å²) < 4.78 is 0. The van der Waals surface area contributed by atoms with Gasteiger partial charge < -0.3 is 0 Å². The summed E-state index contributed by atoms with van der Waals surface area (Å²) >= 11 is 0. The van der Waals surface area contributed by atoms with Gasteiger partial charge in [0.15, 0.2) is 5.82 Å². The van der Waals surface area contributed by atoms with Crippen LogP contribution >= 0.6 is 0 Å². The van der Waals surface area contributed by atoms with Crippen molar-refractivity contribution >= 4 is 64.6 Å². The molecule has 0 saturated heterocycles. The van der Waals surface area contributed by atoms with Gasteiger partial charge in [-0.1, -0.05) is 231 Å². The number of hydrogen-bond donors (Lipinski definition) is 0. The maximum Gasteiger partial charge on any atom is 0.160 e. The molecule has 0 aliphatic heterocycles. The highest BCUT2D eigenvalue weighted by atomic mass is 14.9. The molecule has 0 radical (unpaired) electrons. The van der Waals surface area contributed by atoms with Gasteiger partial charge >= 0.3 is 0 Å². The second-order valence-corrected chi connectivity index (χ2v) is 16.5. The molecule has 0 aliphatic rings. The van der Waals surface area contributed by atoms with E-state index in [9.17, 15) is 0 Å². The summed E-state index contributed by atoms with van der Waals surface area (Å²) in [5.74, 6) is 0.681. The highest BCUT2D eigenvalue weighted by Gasteiger charge is 2.15. The van der Waals surface area contributed by atoms with Crippen molar-refractivity contribution in [3.8, 4) is 56.2 Å². The zero-order valence-corrected chi connectivity index (χ0v) is 35.0. The van der Waals surface area contributed by atoms with Crippen LogP contribution in [0.25, 0.3) is 121 Å². The SMILES string of the molecule is c1ccc(-c2ccc(-c3cc(-c4ccc5c6ccccc6c6ccccc6c6ccccc6c6ccccc6c5c4)nc(-c4ccc(-c5cccc6ccccc56)cc4)n3)cc2)cc1. The molecule has 298 valence electrons. The second-order valence-electron chi connectivity index (χ2n) is 16.5. The largest absolute Gasteiger partial charge is 0.228 e. The molecule has 0 bridgehead atoms. The van der Waals surface area contributed by atoms with E-state index in [0.717, 1.165) is 39.0 Å². The summed E-state index contributed by atoms with van der Waals surface area (Å²) in [5, 5.41) is 14.4. The average Bonchev–Trinajstić information content (AvgIpc) is 3.38. The molecule has 0 fully saturated rings. The van der Waals surface area contributed by atoms with Gasteiger partial charge in [0, 0.05) is 16.7 Å². The molecule has 0 saturated carbocycles. The average molecular weight is 813 g/mol. The van der Waals surface area contributed by atoms with E-state index < -0.39 is 0 Å². The summed E-state index contributed by atoms with van der Waals surface area (Å²) in [6, 6.07) is 87.4. The lowest BCUT2D eigenvalue weighted by molar-refractivity contribution is 1.18. The first-order chi connectivity index (χ1) is 31.7. The van der Waals surface area contributed by atoms with Crippen LogP contribution in [0.5, 0.6) is 0 Å². The lowest BCUT2D eigenvalue weighted by atomic mass is 9.93. The van der Waals surface area contributed by atoms with E-state index in [4.69, 9.17) is 9.97 Å². The molecule has 0 atom stereocenters. The molecule has 0 amide bonds. The number of aromatic nitrogens is 2. The Morgan fingerprint density at radius 2 is 0.578 bits per heavy atom. The van der Waals surface area contributed by atoms with Crippen LogP contribution in [0, 0.1) is 0 Å². The normalized spacial score (nSPS) is 11.4. The predicted molar refractivity (Wildman–Crippen MR) is 272 cm³/mol. The molecule has 11 aromatic carbocycles. The first-order valence-electron chi connectivity index (χ1n) is 21.9. The Hall–Kier alpha value is -8.46. The molecule has 1 aromatic heterocycles. The Balaban J connectivity index is 1.10. The minimum atomic E-state index is 0.681. The molecular weight excluding hydrogens is 773 g/mol. The third-order valence-electron chi connectivity index (χ3n) is 12.7. The summed E-state index contributed by atoms with van der Waals surface area (Å²) in [7, 11) is 0. The summed E-state index contributed by atoms with van der Waals surface area (Å²) in [4.78, 5) is 10.7. The van der Waals surface area contributed by atoms with Crippen molar-refractivity contribution in [3.05, 3.63) is 243 Å². The highest BCUT2D eigenvalue weighted by Crippen LogP contribution is 2.39. The molecule has 2 heteroatoms. The van der Waals surface area contributed by atoms with Crippen molar-refractivity contribution in [1.29, 1.82) is 0 Å². The number of fused-ring (bicyclic) bond motifs is 11. The minimum absolute atomic E-state index is 0.681. The van der Waals surface area contributed by atoms with E-state index in [1.54, 1.807) is 0 Å². The van der Waals surface area contributed by atoms with Crippen molar-refractivity contribution in [2.75, 3.05) is 0 Å². The number of hydrogen-bond acceptors (Lipinski definition) is 2. The summed E-state index contributed by atoms with van der Waals surface area (Å²) in [6.07, 6.45) is 0. The van der Waals surface area contributed by atoms with Crippen molar-refractivity contribution in [2.45, 2.75) is 0 Å². The van der Waals surface area contributed by atoms with Gasteiger partial charge in [0.05, 0.1) is 11.4 Å². The molecule has 64 heavy (non-hydrogen) atoms. The highest BCUT2D eigenvalue weighted by molar-refractivity contribution is 6.26. The summed E-state index contributed by atoms with van der Waals surface area (Å²) in [5.41, 5.74) is 9.46. The van der Waals surface area contributed by atoms with Crippen molar-refractivity contribution in [3.63, 3.8) is 0 Å². The fraction of sp³-hybridized carbons (Fsp3) is 0. The first-order valence-corrected chi connectivity index (χ1v) is 21.9. The van der Waals surface area contributed by atoms with E-state index >= 15 is 0 Å². The van der Waals surface area contributed by atoms with Gasteiger partial charge in [-0.15, -0.1) is 0 Å². The monoisotopic (exact) mass is 812 g/mol. The van der Waals surface area contributed by atoms with Crippen LogP contribution in [0.4, 0.5) is 0 Å². The molecule has 0 N–H and O–H groups in total. The van der Waals surface area contributed by atoms with Gasteiger partial charge in [-0.05, 0) is 99.0 Å². The van der Waals surface area contributed by atoms with Gasteiger partial charge in [-0.2, -0.15) is 0 Å². The maximum absolute atomic E-state index is 5.40. The Bertz CT molecular complexity index is 3730. The fourth-order valence-corrected chi connectivity index (χ4v) is 9.58. The van der Waals surface area contributed by atoms with E-state index in [-0.39, 0.29) is 0 Å². The summed E-state index contributed by atoms with van der Waals surface area (Å²) in [6.45, 7) is 0. The van der Waals surface area contributed by atoms with Gasteiger partial charge in [0.1, 0.15) is 0 Å². The van der Waals surface area contributed by atoms with Gasteiger partial charge in [-0.25, -0.2) is 9.97 Å². The molecule has 0 spiro atoms. The minimum Gasteiger partial charge on any atom is -0.228 e. The predicted octanol–water partition coefficient (Wildman–Crippen LogP) is 16.9. The lowest BCUT2D eigenvalue weighted by Gasteiger charge is -2.13. The van der Waals surface area contributed by atoms with E-state index in [1.807, 2.05) is 0 Å². The van der Waals surface area contributed by atoms with Crippen LogP contribution in [0.1, 0.15) is 0 Å². The Morgan fingerprint density at radius 1 is 0.203 bits per heavy atom. The Labute approximate surface area is 371 Å². The van der Waals surface area contributed by atoms with Gasteiger partial charge in [0.25, 0.3) is 0 Å². The van der Waals surface area contributed by atoms with E-state index in [1.165, 1.54) is 75.9 Å². The molecule has 1 heterocycles. The fourth-order valence-electron chi connectivity index (χ4n) is 9.58. The molecule has 0 unspecified atom stereocenters. The second kappa shape index (κ2) is 15.8. The van der Waals surface area contributed by atoms with Crippen LogP contribution < -0.4 is 0 Å². The number of rotatable bonds is 5. The van der Waals surface area contributed by atoms with Crippen LogP contribution in [-0.4, -0.2) is 9.97 Å². The molecular formula is C62H40N2. The molecule has 0 aliphatic carbocycles. The van der Waals surface area contributed by atoms with Crippen molar-refractivity contribution < 1.29 is 0 Å². The van der Waals surface area contributed by atoms with Crippen molar-refractivity contribution in [2.24, 2.45) is 0 Å². The lowest BCUT2D eigenvalue weighted by Crippen LogP contribution is -1.96. The first kappa shape index (κ1) is 37.3. The van der Waals surface area contributed by atoms with Crippen LogP contribution in [0.3, 0.4) is 0 Å². The van der Waals surface area contributed by atoms with E-state index in [2.05, 4.69) is 243 Å². The third kappa shape index (κ3) is 6.61. The van der Waals surface area contributed by atoms with Crippen LogP contribution in [-0.2, 0) is 0 Å². The Kier molecular flexibility index (Phi) is 9.20. The Morgan fingerprint density at radius 3 is 1.14 bits per heavy atom. The molecule has 2 nitrogen and oxygen atoms in total. The van der Waals surface area contributed by atoms with Crippen LogP contribution in [0.15, 0.2) is 243 Å². The number of nitrogens with zero attached hydrogens (tertiary/aromatic N) is 2. The smallest absolute Gasteiger partial charge is 0.160 e. The number of benzene rings is 10. The van der Waals surface area contributed by atoms with Gasteiger partial charge in [-0.3, -0.25) is 0 Å². The van der Waals surface area contributed by atoms with Crippen LogP contribution in [0.2, 0.25) is 0 Å². The quantitative estimate of drug-likeness (QED) is 0.173. The zero-order chi connectivity index (χ0) is 42.4. The molecule has 12 rings (SSSR count). The maximum atomic E-state index is 5.40. The van der Waals surface area contributed by atoms with Crippen molar-refractivity contribution in [1.82, 2.24) is 9.97 Å². The van der Waals surface area contributed by atoms with Gasteiger partial charge in [0.2, 0.25) is 0 Å². The molecule has 12 aromatic rings. The van der Waals surface area contributed by atoms with E-state index in [0.29, 0.717) is 5.82 Å². The standard InChI is InChI=1S/C62H40N2/c1-2-15-41(16-3-1)42-29-33-45(34-30-42)60-40-61(64-62(63-60)46-35-31-44(32-36-46)49-28-14-18-43-17-4-5-19-48(43)49)47-37-38-58-56-26-11-10-24-54(56)52-22-7-6-20-50(52)51-21-8-9-23-53(51)55-25-12-13-27-57(55)59(58)39-47/h1-40H. The third-order valence-corrected chi connectivity index (χ3v) is 12.7. The topological polar surface area (TPSA) is 25.8 Å².